The van der Waals surface area contributed by atoms with Crippen molar-refractivity contribution in [1.82, 2.24) is 4.90 Å². The lowest BCUT2D eigenvalue weighted by Gasteiger charge is -2.32. The molecule has 2 unspecified atom stereocenters. The van der Waals surface area contributed by atoms with E-state index in [1.54, 1.807) is 6.07 Å². The topological polar surface area (TPSA) is 40.5 Å². The molecule has 1 N–H and O–H groups in total. The molecule has 0 saturated carbocycles. The van der Waals surface area contributed by atoms with Gasteiger partial charge in [0.1, 0.15) is 6.04 Å². The number of carboxylic acid groups (broad SMARTS) is 1. The highest BCUT2D eigenvalue weighted by atomic mass is 79.9. The maximum Gasteiger partial charge on any atom is 0.320 e. The molecule has 2 aromatic rings. The number of aliphatic carboxylic acids is 1. The third-order valence-corrected chi connectivity index (χ3v) is 5.57. The Morgan fingerprint density at radius 2 is 1.92 bits per heavy atom. The van der Waals surface area contributed by atoms with Crippen molar-refractivity contribution >= 4 is 45.1 Å². The zero-order valence-electron chi connectivity index (χ0n) is 12.8. The zero-order valence-corrected chi connectivity index (χ0v) is 15.9. The van der Waals surface area contributed by atoms with Crippen molar-refractivity contribution in [1.29, 1.82) is 0 Å². The highest BCUT2D eigenvalue weighted by Crippen LogP contribution is 2.37. The van der Waals surface area contributed by atoms with Crippen LogP contribution < -0.4 is 0 Å². The fraction of sp³-hybridized carbons (Fsp3) is 0.278. The SMILES string of the molecule is O=C(O)C1CCCN1C(c1cccc(Br)c1)c1ccc(Cl)c(Cl)c1. The zero-order chi connectivity index (χ0) is 17.3. The maximum absolute atomic E-state index is 11.7. The Bertz CT molecular complexity index is 768. The minimum absolute atomic E-state index is 0.180. The van der Waals surface area contributed by atoms with Crippen molar-refractivity contribution in [2.75, 3.05) is 6.54 Å². The Morgan fingerprint density at radius 3 is 2.58 bits per heavy atom. The van der Waals surface area contributed by atoms with Crippen LogP contribution in [-0.2, 0) is 4.79 Å². The van der Waals surface area contributed by atoms with Crippen LogP contribution in [0.1, 0.15) is 30.0 Å². The lowest BCUT2D eigenvalue weighted by Crippen LogP contribution is -2.39. The van der Waals surface area contributed by atoms with Gasteiger partial charge >= 0.3 is 5.97 Å². The molecule has 24 heavy (non-hydrogen) atoms. The molecule has 0 bridgehead atoms. The number of carbonyl (C=O) groups is 1. The molecule has 0 aromatic heterocycles. The molecule has 0 spiro atoms. The van der Waals surface area contributed by atoms with Gasteiger partial charge in [0.05, 0.1) is 16.1 Å². The van der Waals surface area contributed by atoms with Crippen LogP contribution in [0.2, 0.25) is 10.0 Å². The summed E-state index contributed by atoms with van der Waals surface area (Å²) in [4.78, 5) is 13.7. The molecule has 6 heteroatoms. The highest BCUT2D eigenvalue weighted by Gasteiger charge is 2.37. The molecule has 0 radical (unpaired) electrons. The predicted octanol–water partition coefficient (Wildman–Crippen LogP) is 5.39. The summed E-state index contributed by atoms with van der Waals surface area (Å²) in [5.41, 5.74) is 1.96. The second-order valence-corrected chi connectivity index (χ2v) is 7.60. The molecule has 1 aliphatic heterocycles. The summed E-state index contributed by atoms with van der Waals surface area (Å²) >= 11 is 15.8. The van der Waals surface area contributed by atoms with E-state index in [9.17, 15) is 9.90 Å². The van der Waals surface area contributed by atoms with Gasteiger partial charge in [-0.05, 0) is 48.2 Å². The lowest BCUT2D eigenvalue weighted by atomic mass is 9.96. The number of likely N-dealkylation sites (tertiary alicyclic amines) is 1. The normalized spacial score (nSPS) is 19.4. The van der Waals surface area contributed by atoms with Gasteiger partial charge in [0.2, 0.25) is 0 Å². The largest absolute Gasteiger partial charge is 0.480 e. The second kappa shape index (κ2) is 7.44. The van der Waals surface area contributed by atoms with Gasteiger partial charge in [-0.2, -0.15) is 0 Å². The van der Waals surface area contributed by atoms with Crippen LogP contribution >= 0.6 is 39.1 Å². The first-order valence-corrected chi connectivity index (χ1v) is 9.21. The van der Waals surface area contributed by atoms with E-state index in [0.717, 1.165) is 28.6 Å². The van der Waals surface area contributed by atoms with Crippen LogP contribution in [0.4, 0.5) is 0 Å². The molecule has 126 valence electrons. The van der Waals surface area contributed by atoms with E-state index < -0.39 is 12.0 Å². The predicted molar refractivity (Wildman–Crippen MR) is 99.8 cm³/mol. The summed E-state index contributed by atoms with van der Waals surface area (Å²) in [5.74, 6) is -0.785. The standard InChI is InChI=1S/C18H16BrCl2NO2/c19-13-4-1-3-11(9-13)17(12-6-7-14(20)15(21)10-12)22-8-2-5-16(22)18(23)24/h1,3-4,6-7,9-10,16-17H,2,5,8H2,(H,23,24). The van der Waals surface area contributed by atoms with Gasteiger partial charge in [0.15, 0.2) is 0 Å². The Morgan fingerprint density at radius 1 is 1.17 bits per heavy atom. The van der Waals surface area contributed by atoms with E-state index in [4.69, 9.17) is 23.2 Å². The van der Waals surface area contributed by atoms with Crippen molar-refractivity contribution in [3.63, 3.8) is 0 Å². The quantitative estimate of drug-likeness (QED) is 0.709. The van der Waals surface area contributed by atoms with Crippen LogP contribution in [-0.4, -0.2) is 28.6 Å². The summed E-state index contributed by atoms with van der Waals surface area (Å²) in [6, 6.07) is 12.8. The number of hydrogen-bond donors (Lipinski definition) is 1. The van der Waals surface area contributed by atoms with Crippen LogP contribution in [0.25, 0.3) is 0 Å². The number of benzene rings is 2. The smallest absolute Gasteiger partial charge is 0.320 e. The summed E-state index contributed by atoms with van der Waals surface area (Å²) < 4.78 is 0.955. The van der Waals surface area contributed by atoms with Crippen molar-refractivity contribution in [2.45, 2.75) is 24.9 Å². The molecule has 3 rings (SSSR count). The molecule has 0 aliphatic carbocycles. The molecular weight excluding hydrogens is 413 g/mol. The van der Waals surface area contributed by atoms with E-state index in [1.165, 1.54) is 0 Å². The Hall–Kier alpha value is -1.07. The first kappa shape index (κ1) is 17.7. The number of halogens is 3. The molecule has 1 fully saturated rings. The molecule has 1 saturated heterocycles. The molecule has 0 amide bonds. The molecule has 3 nitrogen and oxygen atoms in total. The Balaban J connectivity index is 2.10. The molecular formula is C18H16BrCl2NO2. The third kappa shape index (κ3) is 3.62. The van der Waals surface area contributed by atoms with Gasteiger partial charge < -0.3 is 5.11 Å². The maximum atomic E-state index is 11.7. The molecule has 1 aliphatic rings. The van der Waals surface area contributed by atoms with E-state index in [0.29, 0.717) is 16.5 Å². The highest BCUT2D eigenvalue weighted by molar-refractivity contribution is 9.10. The van der Waals surface area contributed by atoms with Crippen LogP contribution in [0.3, 0.4) is 0 Å². The third-order valence-electron chi connectivity index (χ3n) is 4.33. The molecule has 2 aromatic carbocycles. The Labute approximate surface area is 159 Å². The minimum Gasteiger partial charge on any atom is -0.480 e. The summed E-state index contributed by atoms with van der Waals surface area (Å²) in [6.07, 6.45) is 1.52. The number of hydrogen-bond acceptors (Lipinski definition) is 2. The molecule has 2 atom stereocenters. The fourth-order valence-corrected chi connectivity index (χ4v) is 4.02. The van der Waals surface area contributed by atoms with E-state index in [-0.39, 0.29) is 6.04 Å². The number of nitrogens with zero attached hydrogens (tertiary/aromatic N) is 1. The average Bonchev–Trinajstić information content (AvgIpc) is 3.01. The van der Waals surface area contributed by atoms with E-state index in [1.807, 2.05) is 41.3 Å². The van der Waals surface area contributed by atoms with E-state index >= 15 is 0 Å². The van der Waals surface area contributed by atoms with Crippen LogP contribution in [0, 0.1) is 0 Å². The monoisotopic (exact) mass is 427 g/mol. The van der Waals surface area contributed by atoms with Gasteiger partial charge in [-0.1, -0.05) is 57.3 Å². The molecule has 1 heterocycles. The van der Waals surface area contributed by atoms with Crippen molar-refractivity contribution in [3.8, 4) is 0 Å². The first-order valence-electron chi connectivity index (χ1n) is 7.66. The number of carboxylic acids is 1. The van der Waals surface area contributed by atoms with Crippen molar-refractivity contribution < 1.29 is 9.90 Å². The van der Waals surface area contributed by atoms with Crippen LogP contribution in [0.15, 0.2) is 46.9 Å². The van der Waals surface area contributed by atoms with Gasteiger partial charge in [0.25, 0.3) is 0 Å². The van der Waals surface area contributed by atoms with Gasteiger partial charge in [-0.15, -0.1) is 0 Å². The first-order chi connectivity index (χ1) is 11.5. The second-order valence-electron chi connectivity index (χ2n) is 5.87. The lowest BCUT2D eigenvalue weighted by molar-refractivity contribution is -0.142. The summed E-state index contributed by atoms with van der Waals surface area (Å²) in [5, 5.41) is 10.5. The minimum atomic E-state index is -0.785. The summed E-state index contributed by atoms with van der Waals surface area (Å²) in [6.45, 7) is 0.731. The Kier molecular flexibility index (Phi) is 5.50. The van der Waals surface area contributed by atoms with Crippen molar-refractivity contribution in [2.24, 2.45) is 0 Å². The van der Waals surface area contributed by atoms with Crippen molar-refractivity contribution in [3.05, 3.63) is 68.1 Å². The van der Waals surface area contributed by atoms with E-state index in [2.05, 4.69) is 15.9 Å². The number of rotatable bonds is 4. The van der Waals surface area contributed by atoms with Crippen LogP contribution in [0.5, 0.6) is 0 Å². The average molecular weight is 429 g/mol. The van der Waals surface area contributed by atoms with Gasteiger partial charge in [-0.25, -0.2) is 0 Å². The fourth-order valence-electron chi connectivity index (χ4n) is 3.30. The van der Waals surface area contributed by atoms with Gasteiger partial charge in [-0.3, -0.25) is 9.69 Å². The summed E-state index contributed by atoms with van der Waals surface area (Å²) in [7, 11) is 0. The van der Waals surface area contributed by atoms with Gasteiger partial charge in [0, 0.05) is 11.0 Å².